The molecule has 0 saturated carbocycles. The van der Waals surface area contributed by atoms with Crippen molar-refractivity contribution in [2.45, 2.75) is 34.2 Å². The lowest BCUT2D eigenvalue weighted by atomic mass is 10.1. The average Bonchev–Trinajstić information content (AvgIpc) is 2.75. The minimum Gasteiger partial charge on any atom is -0.508 e. The Bertz CT molecular complexity index is 1220. The number of phenols is 1. The van der Waals surface area contributed by atoms with Crippen LogP contribution in [0.1, 0.15) is 30.8 Å². The van der Waals surface area contributed by atoms with Crippen molar-refractivity contribution in [3.05, 3.63) is 59.5 Å². The second kappa shape index (κ2) is 8.24. The molecule has 0 radical (unpaired) electrons. The molecule has 6 heteroatoms. The van der Waals surface area contributed by atoms with Gasteiger partial charge in [-0.3, -0.25) is 9.88 Å². The molecule has 6 nitrogen and oxygen atoms in total. The van der Waals surface area contributed by atoms with Crippen LogP contribution in [0, 0.1) is 13.8 Å². The zero-order valence-corrected chi connectivity index (χ0v) is 17.9. The predicted octanol–water partition coefficient (Wildman–Crippen LogP) is 5.09. The number of nitrogens with zero attached hydrogens (tertiary/aromatic N) is 4. The molecule has 0 spiro atoms. The number of phenolic OH excluding ortho intramolecular Hbond substituents is 1. The molecule has 0 saturated heterocycles. The van der Waals surface area contributed by atoms with E-state index in [9.17, 15) is 5.11 Å². The van der Waals surface area contributed by atoms with E-state index in [4.69, 9.17) is 9.97 Å². The van der Waals surface area contributed by atoms with Crippen molar-refractivity contribution >= 4 is 33.3 Å². The second-order valence-corrected chi connectivity index (χ2v) is 7.51. The molecule has 30 heavy (non-hydrogen) atoms. The lowest BCUT2D eigenvalue weighted by Crippen LogP contribution is -2.22. The van der Waals surface area contributed by atoms with E-state index in [1.807, 2.05) is 44.2 Å². The Labute approximate surface area is 176 Å². The normalized spacial score (nSPS) is 11.5. The van der Waals surface area contributed by atoms with Crippen molar-refractivity contribution < 1.29 is 5.11 Å². The number of aromatic hydroxyl groups is 1. The van der Waals surface area contributed by atoms with Crippen molar-refractivity contribution in [3.8, 4) is 5.75 Å². The summed E-state index contributed by atoms with van der Waals surface area (Å²) < 4.78 is 0. The summed E-state index contributed by atoms with van der Waals surface area (Å²) in [5.74, 6) is 0.314. The van der Waals surface area contributed by atoms with Crippen LogP contribution in [0.5, 0.6) is 5.75 Å². The van der Waals surface area contributed by atoms with Crippen molar-refractivity contribution in [2.75, 3.05) is 18.4 Å². The summed E-state index contributed by atoms with van der Waals surface area (Å²) in [6.45, 7) is 10.8. The van der Waals surface area contributed by atoms with Crippen LogP contribution in [0.25, 0.3) is 21.9 Å². The van der Waals surface area contributed by atoms with E-state index < -0.39 is 0 Å². The number of benzene rings is 2. The maximum atomic E-state index is 10.3. The van der Waals surface area contributed by atoms with Gasteiger partial charge in [-0.15, -0.1) is 0 Å². The SMILES string of the molecule is CCN(CC)Cc1cc(Nc2ccnc3ccc4nc(C)c(C)nc4c23)ccc1O. The van der Waals surface area contributed by atoms with Gasteiger partial charge in [0.1, 0.15) is 11.3 Å². The van der Waals surface area contributed by atoms with Gasteiger partial charge in [-0.1, -0.05) is 13.8 Å². The van der Waals surface area contributed by atoms with Crippen LogP contribution in [0.2, 0.25) is 0 Å². The lowest BCUT2D eigenvalue weighted by molar-refractivity contribution is 0.291. The molecule has 0 bridgehead atoms. The lowest BCUT2D eigenvalue weighted by Gasteiger charge is -2.19. The zero-order valence-electron chi connectivity index (χ0n) is 17.9. The summed E-state index contributed by atoms with van der Waals surface area (Å²) in [5.41, 5.74) is 7.14. The highest BCUT2D eigenvalue weighted by Crippen LogP contribution is 2.32. The van der Waals surface area contributed by atoms with Gasteiger partial charge in [-0.2, -0.15) is 0 Å². The van der Waals surface area contributed by atoms with E-state index in [-0.39, 0.29) is 0 Å². The Kier molecular flexibility index (Phi) is 5.50. The Morgan fingerprint density at radius 2 is 1.67 bits per heavy atom. The van der Waals surface area contributed by atoms with Crippen molar-refractivity contribution in [2.24, 2.45) is 0 Å². The van der Waals surface area contributed by atoms with E-state index in [0.717, 1.165) is 63.4 Å². The third kappa shape index (κ3) is 3.78. The summed E-state index contributed by atoms with van der Waals surface area (Å²) in [5, 5.41) is 14.8. The molecule has 0 atom stereocenters. The maximum Gasteiger partial charge on any atom is 0.120 e. The highest BCUT2D eigenvalue weighted by molar-refractivity contribution is 6.09. The molecule has 2 heterocycles. The summed E-state index contributed by atoms with van der Waals surface area (Å²) in [6, 6.07) is 11.5. The fourth-order valence-corrected chi connectivity index (χ4v) is 3.67. The summed E-state index contributed by atoms with van der Waals surface area (Å²) >= 11 is 0. The molecule has 0 aliphatic rings. The Morgan fingerprint density at radius 3 is 2.43 bits per heavy atom. The first kappa shape index (κ1) is 20.0. The minimum atomic E-state index is 0.314. The van der Waals surface area contributed by atoms with Gasteiger partial charge in [0.05, 0.1) is 33.5 Å². The van der Waals surface area contributed by atoms with Crippen LogP contribution in [0.3, 0.4) is 0 Å². The van der Waals surface area contributed by atoms with Gasteiger partial charge in [0, 0.05) is 24.0 Å². The van der Waals surface area contributed by atoms with Gasteiger partial charge in [-0.25, -0.2) is 9.97 Å². The van der Waals surface area contributed by atoms with Gasteiger partial charge in [-0.05, 0) is 63.3 Å². The summed E-state index contributed by atoms with van der Waals surface area (Å²) in [4.78, 5) is 16.3. The van der Waals surface area contributed by atoms with Crippen molar-refractivity contribution in [1.82, 2.24) is 19.9 Å². The third-order valence-electron chi connectivity index (χ3n) is 5.60. The number of aryl methyl sites for hydroxylation is 2. The van der Waals surface area contributed by atoms with E-state index >= 15 is 0 Å². The molecule has 154 valence electrons. The highest BCUT2D eigenvalue weighted by Gasteiger charge is 2.12. The molecule has 0 fully saturated rings. The van der Waals surface area contributed by atoms with Crippen molar-refractivity contribution in [3.63, 3.8) is 0 Å². The van der Waals surface area contributed by atoms with E-state index in [1.54, 1.807) is 12.3 Å². The van der Waals surface area contributed by atoms with E-state index in [1.165, 1.54) is 0 Å². The smallest absolute Gasteiger partial charge is 0.120 e. The topological polar surface area (TPSA) is 74.2 Å². The third-order valence-corrected chi connectivity index (χ3v) is 5.60. The monoisotopic (exact) mass is 401 g/mol. The number of nitrogens with one attached hydrogen (secondary N) is 1. The first-order chi connectivity index (χ1) is 14.5. The zero-order chi connectivity index (χ0) is 21.3. The standard InChI is InChI=1S/C24H27N5O/c1-5-29(6-2)14-17-13-18(7-10-22(17)30)28-20-11-12-25-19-8-9-21-24(23(19)20)27-16(4)15(3)26-21/h7-13,30H,5-6,14H2,1-4H3,(H,25,28). The maximum absolute atomic E-state index is 10.3. The van der Waals surface area contributed by atoms with E-state index in [0.29, 0.717) is 12.3 Å². The van der Waals surface area contributed by atoms with Crippen molar-refractivity contribution in [1.29, 1.82) is 0 Å². The van der Waals surface area contributed by atoms with E-state index in [2.05, 4.69) is 29.0 Å². The first-order valence-corrected chi connectivity index (χ1v) is 10.3. The molecule has 0 aliphatic heterocycles. The molecule has 2 N–H and O–H groups in total. The molecule has 4 rings (SSSR count). The quantitative estimate of drug-likeness (QED) is 0.346. The summed E-state index contributed by atoms with van der Waals surface area (Å²) in [7, 11) is 0. The molecule has 0 unspecified atom stereocenters. The van der Waals surface area contributed by atoms with Gasteiger partial charge in [0.2, 0.25) is 0 Å². The molecular weight excluding hydrogens is 374 g/mol. The number of rotatable bonds is 6. The van der Waals surface area contributed by atoms with Gasteiger partial charge < -0.3 is 10.4 Å². The van der Waals surface area contributed by atoms with Crippen LogP contribution in [-0.2, 0) is 6.54 Å². The van der Waals surface area contributed by atoms with Gasteiger partial charge in [0.15, 0.2) is 0 Å². The molecular formula is C24H27N5O. The second-order valence-electron chi connectivity index (χ2n) is 7.51. The molecule has 0 aliphatic carbocycles. The molecule has 4 aromatic rings. The molecule has 0 amide bonds. The van der Waals surface area contributed by atoms with Gasteiger partial charge >= 0.3 is 0 Å². The number of fused-ring (bicyclic) bond motifs is 3. The molecule has 2 aromatic carbocycles. The first-order valence-electron chi connectivity index (χ1n) is 10.3. The Morgan fingerprint density at radius 1 is 0.933 bits per heavy atom. The van der Waals surface area contributed by atoms with Gasteiger partial charge in [0.25, 0.3) is 0 Å². The van der Waals surface area contributed by atoms with Crippen LogP contribution in [0.15, 0.2) is 42.6 Å². The van der Waals surface area contributed by atoms with Crippen LogP contribution in [0.4, 0.5) is 11.4 Å². The van der Waals surface area contributed by atoms with Crippen LogP contribution >= 0.6 is 0 Å². The van der Waals surface area contributed by atoms with Crippen LogP contribution in [-0.4, -0.2) is 38.0 Å². The molecule has 2 aromatic heterocycles. The fourth-order valence-electron chi connectivity index (χ4n) is 3.67. The average molecular weight is 402 g/mol. The fraction of sp³-hybridized carbons (Fsp3) is 0.292. The number of aromatic nitrogens is 3. The largest absolute Gasteiger partial charge is 0.508 e. The predicted molar refractivity (Wildman–Crippen MR) is 122 cm³/mol. The Hall–Kier alpha value is -3.25. The number of pyridine rings is 1. The minimum absolute atomic E-state index is 0.314. The number of hydrogen-bond acceptors (Lipinski definition) is 6. The number of hydrogen-bond donors (Lipinski definition) is 2. The Balaban J connectivity index is 1.79. The number of anilines is 2. The van der Waals surface area contributed by atoms with Crippen LogP contribution < -0.4 is 5.32 Å². The highest BCUT2D eigenvalue weighted by atomic mass is 16.3. The summed E-state index contributed by atoms with van der Waals surface area (Å²) in [6.07, 6.45) is 1.79.